The van der Waals surface area contributed by atoms with E-state index >= 15 is 0 Å². The van der Waals surface area contributed by atoms with Crippen LogP contribution in [0, 0.1) is 0 Å². The summed E-state index contributed by atoms with van der Waals surface area (Å²) in [6.45, 7) is 5.20. The second kappa shape index (κ2) is 12.6. The van der Waals surface area contributed by atoms with Crippen molar-refractivity contribution in [3.8, 4) is 11.4 Å². The summed E-state index contributed by atoms with van der Waals surface area (Å²) in [6.07, 6.45) is 0. The summed E-state index contributed by atoms with van der Waals surface area (Å²) in [5, 5.41) is 6.75. The highest BCUT2D eigenvalue weighted by atomic mass is 35.5. The smallest absolute Gasteiger partial charge is 0.233 e. The molecule has 0 spiro atoms. The number of rotatable bonds is 9. The summed E-state index contributed by atoms with van der Waals surface area (Å²) in [5.41, 5.74) is 0.928. The monoisotopic (exact) mass is 524 g/mol. The Kier molecular flexibility index (Phi) is 9.02. The fourth-order valence-corrected chi connectivity index (χ4v) is 4.71. The number of carbonyl (C=O) groups is 2. The number of halogens is 1. The van der Waals surface area contributed by atoms with Gasteiger partial charge in [0.05, 0.1) is 5.75 Å². The number of hydrogen-bond donors (Lipinski definition) is 2. The van der Waals surface area contributed by atoms with E-state index in [0.29, 0.717) is 61.7 Å². The minimum atomic E-state index is -0.0656. The Morgan fingerprint density at radius 2 is 1.69 bits per heavy atom. The van der Waals surface area contributed by atoms with E-state index in [1.54, 1.807) is 0 Å². The van der Waals surface area contributed by atoms with Crippen LogP contribution >= 0.6 is 23.4 Å². The van der Waals surface area contributed by atoms with E-state index < -0.39 is 0 Å². The molecule has 0 aliphatic carbocycles. The van der Waals surface area contributed by atoms with Crippen LogP contribution in [0.25, 0.3) is 11.4 Å². The van der Waals surface area contributed by atoms with Crippen LogP contribution in [0.15, 0.2) is 65.6 Å². The average molecular weight is 525 g/mol. The Morgan fingerprint density at radius 1 is 0.972 bits per heavy atom. The van der Waals surface area contributed by atoms with E-state index in [-0.39, 0.29) is 11.8 Å². The first-order valence-electron chi connectivity index (χ1n) is 11.8. The third-order valence-corrected chi connectivity index (χ3v) is 6.93. The molecule has 0 saturated carbocycles. The maximum absolute atomic E-state index is 12.8. The van der Waals surface area contributed by atoms with Gasteiger partial charge in [0.15, 0.2) is 5.82 Å². The zero-order valence-electron chi connectivity index (χ0n) is 20.1. The number of carbonyl (C=O) groups excluding carboxylic acids is 2. The molecule has 2 heterocycles. The fraction of sp³-hybridized carbons (Fsp3) is 0.308. The van der Waals surface area contributed by atoms with Crippen LogP contribution < -0.4 is 15.5 Å². The molecule has 2 N–H and O–H groups in total. The zero-order valence-corrected chi connectivity index (χ0v) is 21.7. The van der Waals surface area contributed by atoms with E-state index in [2.05, 4.69) is 20.5 Å². The molecule has 4 rings (SSSR count). The predicted octanol–water partition coefficient (Wildman–Crippen LogP) is 3.79. The van der Waals surface area contributed by atoms with Gasteiger partial charge in [-0.15, -0.1) is 11.8 Å². The van der Waals surface area contributed by atoms with E-state index in [4.69, 9.17) is 16.6 Å². The number of aromatic nitrogens is 2. The molecule has 0 radical (unpaired) electrons. The Labute approximate surface area is 220 Å². The van der Waals surface area contributed by atoms with Crippen molar-refractivity contribution < 1.29 is 9.59 Å². The quantitative estimate of drug-likeness (QED) is 0.325. The second-order valence-corrected chi connectivity index (χ2v) is 9.81. The summed E-state index contributed by atoms with van der Waals surface area (Å²) in [4.78, 5) is 38.5. The lowest BCUT2D eigenvalue weighted by Crippen LogP contribution is -2.49. The molecule has 0 unspecified atom stereocenters. The van der Waals surface area contributed by atoms with Crippen LogP contribution in [0.5, 0.6) is 0 Å². The topological polar surface area (TPSA) is 90.5 Å². The molecule has 1 aliphatic heterocycles. The molecular formula is C26H29ClN6O2S. The van der Waals surface area contributed by atoms with Crippen LogP contribution in [0.2, 0.25) is 5.02 Å². The minimum absolute atomic E-state index is 0.0656. The van der Waals surface area contributed by atoms with Crippen molar-refractivity contribution in [2.24, 2.45) is 0 Å². The molecule has 8 nitrogen and oxygen atoms in total. The van der Waals surface area contributed by atoms with Gasteiger partial charge in [-0.1, -0.05) is 41.9 Å². The Morgan fingerprint density at radius 3 is 2.39 bits per heavy atom. The van der Waals surface area contributed by atoms with Gasteiger partial charge in [0.1, 0.15) is 11.6 Å². The first-order valence-corrected chi connectivity index (χ1v) is 13.2. The number of hydrogen-bond acceptors (Lipinski definition) is 7. The molecular weight excluding hydrogens is 496 g/mol. The van der Waals surface area contributed by atoms with Crippen molar-refractivity contribution in [3.05, 3.63) is 65.7 Å². The summed E-state index contributed by atoms with van der Waals surface area (Å²) < 4.78 is 0. The van der Waals surface area contributed by atoms with Crippen LogP contribution in [0.3, 0.4) is 0 Å². The van der Waals surface area contributed by atoms with Crippen LogP contribution in [0.4, 0.5) is 11.6 Å². The van der Waals surface area contributed by atoms with Gasteiger partial charge in [-0.2, -0.15) is 0 Å². The van der Waals surface area contributed by atoms with Gasteiger partial charge in [0.2, 0.25) is 11.8 Å². The Balaban J connectivity index is 1.39. The summed E-state index contributed by atoms with van der Waals surface area (Å²) in [6, 6.07) is 19.3. The lowest BCUT2D eigenvalue weighted by Gasteiger charge is -2.35. The van der Waals surface area contributed by atoms with Gasteiger partial charge >= 0.3 is 0 Å². The van der Waals surface area contributed by atoms with Gasteiger partial charge in [0, 0.05) is 67.7 Å². The largest absolute Gasteiger partial charge is 0.368 e. The van der Waals surface area contributed by atoms with Gasteiger partial charge < -0.3 is 20.4 Å². The average Bonchev–Trinajstić information content (AvgIpc) is 2.91. The predicted molar refractivity (Wildman–Crippen MR) is 146 cm³/mol. The van der Waals surface area contributed by atoms with Crippen LogP contribution in [-0.4, -0.2) is 71.7 Å². The summed E-state index contributed by atoms with van der Waals surface area (Å²) in [7, 11) is 0. The maximum Gasteiger partial charge on any atom is 0.233 e. The first-order chi connectivity index (χ1) is 17.5. The molecule has 1 aliphatic rings. The molecule has 10 heteroatoms. The molecule has 0 bridgehead atoms. The lowest BCUT2D eigenvalue weighted by molar-refractivity contribution is -0.128. The van der Waals surface area contributed by atoms with Crippen LogP contribution in [-0.2, 0) is 9.59 Å². The number of amides is 2. The highest BCUT2D eigenvalue weighted by molar-refractivity contribution is 8.00. The highest BCUT2D eigenvalue weighted by Crippen LogP contribution is 2.24. The Bertz CT molecular complexity index is 1170. The minimum Gasteiger partial charge on any atom is -0.368 e. The summed E-state index contributed by atoms with van der Waals surface area (Å²) >= 11 is 7.46. The fourth-order valence-electron chi connectivity index (χ4n) is 3.78. The van der Waals surface area contributed by atoms with Gasteiger partial charge in [-0.3, -0.25) is 9.59 Å². The van der Waals surface area contributed by atoms with Crippen molar-refractivity contribution in [1.29, 1.82) is 0 Å². The zero-order chi connectivity index (χ0) is 25.3. The van der Waals surface area contributed by atoms with Gasteiger partial charge in [-0.25, -0.2) is 9.97 Å². The SMILES string of the molecule is CC(=O)NCCNc1cc(N2CCN(C(=O)CSc3ccc(Cl)cc3)CC2)nc(-c2ccccc2)n1. The van der Waals surface area contributed by atoms with Crippen molar-refractivity contribution in [2.45, 2.75) is 11.8 Å². The van der Waals surface area contributed by atoms with E-state index in [1.165, 1.54) is 18.7 Å². The van der Waals surface area contributed by atoms with Crippen LogP contribution in [0.1, 0.15) is 6.92 Å². The van der Waals surface area contributed by atoms with E-state index in [0.717, 1.165) is 16.3 Å². The molecule has 36 heavy (non-hydrogen) atoms. The number of thioether (sulfide) groups is 1. The van der Waals surface area contributed by atoms with E-state index in [9.17, 15) is 9.59 Å². The summed E-state index contributed by atoms with van der Waals surface area (Å²) in [5.74, 6) is 2.60. The maximum atomic E-state index is 12.8. The molecule has 3 aromatic rings. The molecule has 1 saturated heterocycles. The number of nitrogens with one attached hydrogen (secondary N) is 2. The van der Waals surface area contributed by atoms with E-state index in [1.807, 2.05) is 65.6 Å². The molecule has 1 aromatic heterocycles. The number of anilines is 2. The third kappa shape index (κ3) is 7.35. The van der Waals surface area contributed by atoms with Gasteiger partial charge in [0.25, 0.3) is 0 Å². The molecule has 2 aromatic carbocycles. The lowest BCUT2D eigenvalue weighted by atomic mass is 10.2. The van der Waals surface area contributed by atoms with Crippen molar-refractivity contribution in [3.63, 3.8) is 0 Å². The van der Waals surface area contributed by atoms with Gasteiger partial charge in [-0.05, 0) is 24.3 Å². The molecule has 2 amide bonds. The first kappa shape index (κ1) is 25.8. The third-order valence-electron chi connectivity index (χ3n) is 5.68. The molecule has 0 atom stereocenters. The Hall–Kier alpha value is -3.30. The number of piperazine rings is 1. The molecule has 188 valence electrons. The normalized spacial score (nSPS) is 13.4. The molecule has 1 fully saturated rings. The number of benzene rings is 2. The second-order valence-electron chi connectivity index (χ2n) is 8.32. The standard InChI is InChI=1S/C26H29ClN6O2S/c1-19(34)28-11-12-29-23-17-24(31-26(30-23)20-5-3-2-4-6-20)32-13-15-33(16-14-32)25(35)18-36-22-9-7-21(27)8-10-22/h2-10,17H,11-16,18H2,1H3,(H,28,34)(H,29,30,31). The highest BCUT2D eigenvalue weighted by Gasteiger charge is 2.23. The van der Waals surface area contributed by atoms with Crippen molar-refractivity contribution in [2.75, 3.05) is 55.2 Å². The van der Waals surface area contributed by atoms with Crippen molar-refractivity contribution >= 4 is 46.8 Å². The number of nitrogens with zero attached hydrogens (tertiary/aromatic N) is 4. The van der Waals surface area contributed by atoms with Crippen molar-refractivity contribution in [1.82, 2.24) is 20.2 Å².